The second kappa shape index (κ2) is 8.58. The number of carbonyl (C=O) groups excluding carboxylic acids is 3. The van der Waals surface area contributed by atoms with E-state index in [0.717, 1.165) is 10.2 Å². The molecule has 1 heterocycles. The number of benzene rings is 2. The van der Waals surface area contributed by atoms with Gasteiger partial charge >= 0.3 is 5.97 Å². The molecular weight excluding hydrogens is 376 g/mol. The van der Waals surface area contributed by atoms with Gasteiger partial charge in [0.2, 0.25) is 0 Å². The third-order valence-electron chi connectivity index (χ3n) is 3.87. The van der Waals surface area contributed by atoms with Crippen molar-refractivity contribution in [2.45, 2.75) is 20.0 Å². The van der Waals surface area contributed by atoms with Gasteiger partial charge in [-0.25, -0.2) is 9.78 Å². The number of carbonyl (C=O) groups is 3. The number of para-hydroxylation sites is 1. The molecule has 0 saturated heterocycles. The monoisotopic (exact) mass is 394 g/mol. The van der Waals surface area contributed by atoms with Gasteiger partial charge in [-0.3, -0.25) is 9.59 Å². The van der Waals surface area contributed by atoms with Gasteiger partial charge in [0.1, 0.15) is 5.01 Å². The smallest absolute Gasteiger partial charge is 0.331 e. The van der Waals surface area contributed by atoms with Crippen LogP contribution in [0.5, 0.6) is 0 Å². The Bertz CT molecular complexity index is 1040. The highest BCUT2D eigenvalue weighted by molar-refractivity contribution is 7.19. The summed E-state index contributed by atoms with van der Waals surface area (Å²) in [5.41, 5.74) is 1.81. The van der Waals surface area contributed by atoms with E-state index < -0.39 is 18.0 Å². The fraction of sp³-hybridized carbons (Fsp3) is 0.143. The molecule has 2 aromatic carbocycles. The third-order valence-corrected chi connectivity index (χ3v) is 4.87. The number of hydrogen-bond donors (Lipinski definition) is 1. The molecule has 0 radical (unpaired) electrons. The summed E-state index contributed by atoms with van der Waals surface area (Å²) in [5, 5.41) is 3.31. The first kappa shape index (κ1) is 19.4. The largest absolute Gasteiger partial charge is 0.449 e. The second-order valence-electron chi connectivity index (χ2n) is 6.06. The van der Waals surface area contributed by atoms with E-state index in [2.05, 4.69) is 10.3 Å². The van der Waals surface area contributed by atoms with E-state index in [1.54, 1.807) is 30.3 Å². The van der Waals surface area contributed by atoms with Crippen molar-refractivity contribution in [3.05, 3.63) is 65.2 Å². The number of amides is 1. The van der Waals surface area contributed by atoms with Crippen LogP contribution in [0.3, 0.4) is 0 Å². The molecule has 0 bridgehead atoms. The maximum atomic E-state index is 12.2. The number of anilines is 1. The molecule has 0 aliphatic carbocycles. The number of hydrogen-bond acceptors (Lipinski definition) is 6. The summed E-state index contributed by atoms with van der Waals surface area (Å²) in [6.45, 7) is 2.93. The number of nitrogens with zero attached hydrogens (tertiary/aromatic N) is 1. The standard InChI is InChI=1S/C21H18N2O4S/c1-13(24)15-6-5-7-16(12-15)22-21(26)14(2)27-20(25)11-10-19-23-17-8-3-4-9-18(17)28-19/h3-12,14H,1-2H3,(H,22,26)/b11-10+/t14-/m1/s1. The maximum Gasteiger partial charge on any atom is 0.331 e. The summed E-state index contributed by atoms with van der Waals surface area (Å²) in [5.74, 6) is -1.22. The van der Waals surface area contributed by atoms with Gasteiger partial charge < -0.3 is 10.1 Å². The van der Waals surface area contributed by atoms with Crippen LogP contribution in [-0.4, -0.2) is 28.7 Å². The van der Waals surface area contributed by atoms with Gasteiger partial charge in [-0.2, -0.15) is 0 Å². The molecule has 1 amide bonds. The molecule has 0 aliphatic rings. The zero-order valence-corrected chi connectivity index (χ0v) is 16.2. The van der Waals surface area contributed by atoms with E-state index >= 15 is 0 Å². The van der Waals surface area contributed by atoms with Crippen molar-refractivity contribution >= 4 is 51.0 Å². The molecule has 1 aromatic heterocycles. The number of ketones is 1. The molecule has 0 unspecified atom stereocenters. The van der Waals surface area contributed by atoms with E-state index in [4.69, 9.17) is 4.74 Å². The van der Waals surface area contributed by atoms with Crippen LogP contribution >= 0.6 is 11.3 Å². The lowest BCUT2D eigenvalue weighted by atomic mass is 10.1. The summed E-state index contributed by atoms with van der Waals surface area (Å²) < 4.78 is 6.15. The van der Waals surface area contributed by atoms with Crippen LogP contribution in [0, 0.1) is 0 Å². The van der Waals surface area contributed by atoms with Crippen LogP contribution < -0.4 is 5.32 Å². The summed E-state index contributed by atoms with van der Waals surface area (Å²) in [6.07, 6.45) is 1.82. The van der Waals surface area contributed by atoms with Crippen LogP contribution in [0.4, 0.5) is 5.69 Å². The number of fused-ring (bicyclic) bond motifs is 1. The average Bonchev–Trinajstić information content (AvgIpc) is 3.09. The van der Waals surface area contributed by atoms with E-state index in [9.17, 15) is 14.4 Å². The van der Waals surface area contributed by atoms with E-state index in [1.165, 1.54) is 31.3 Å². The van der Waals surface area contributed by atoms with Crippen molar-refractivity contribution in [1.29, 1.82) is 0 Å². The molecule has 0 saturated carbocycles. The summed E-state index contributed by atoms with van der Waals surface area (Å²) in [6, 6.07) is 14.2. The van der Waals surface area contributed by atoms with Crippen molar-refractivity contribution in [3.8, 4) is 0 Å². The SMILES string of the molecule is CC(=O)c1cccc(NC(=O)[C@@H](C)OC(=O)/C=C/c2nc3ccccc3s2)c1. The molecule has 3 rings (SSSR count). The van der Waals surface area contributed by atoms with Crippen molar-refractivity contribution in [3.63, 3.8) is 0 Å². The molecule has 3 aromatic rings. The Kier molecular flexibility index (Phi) is 5.96. The van der Waals surface area contributed by atoms with E-state index in [-0.39, 0.29) is 5.78 Å². The van der Waals surface area contributed by atoms with Crippen molar-refractivity contribution < 1.29 is 19.1 Å². The molecule has 0 aliphatic heterocycles. The predicted molar refractivity (Wildman–Crippen MR) is 109 cm³/mol. The minimum atomic E-state index is -0.992. The fourth-order valence-corrected chi connectivity index (χ4v) is 3.30. The van der Waals surface area contributed by atoms with Gasteiger partial charge in [0.25, 0.3) is 5.91 Å². The molecule has 7 heteroatoms. The summed E-state index contributed by atoms with van der Waals surface area (Å²) >= 11 is 1.46. The Morgan fingerprint density at radius 1 is 1.14 bits per heavy atom. The first-order valence-electron chi connectivity index (χ1n) is 8.58. The number of esters is 1. The zero-order valence-electron chi connectivity index (χ0n) is 15.3. The van der Waals surface area contributed by atoms with Gasteiger partial charge in [-0.1, -0.05) is 24.3 Å². The summed E-state index contributed by atoms with van der Waals surface area (Å²) in [7, 11) is 0. The second-order valence-corrected chi connectivity index (χ2v) is 7.12. The lowest BCUT2D eigenvalue weighted by Crippen LogP contribution is -2.29. The van der Waals surface area contributed by atoms with Crippen LogP contribution in [0.2, 0.25) is 0 Å². The predicted octanol–water partition coefficient (Wildman–Crippen LogP) is 4.08. The van der Waals surface area contributed by atoms with Gasteiger partial charge in [0, 0.05) is 17.3 Å². The Morgan fingerprint density at radius 3 is 2.68 bits per heavy atom. The van der Waals surface area contributed by atoms with Crippen LogP contribution in [0.25, 0.3) is 16.3 Å². The van der Waals surface area contributed by atoms with Crippen LogP contribution in [0.1, 0.15) is 29.2 Å². The Labute approximate surface area is 165 Å². The van der Waals surface area contributed by atoms with Gasteiger partial charge in [0.15, 0.2) is 11.9 Å². The molecule has 0 fully saturated rings. The highest BCUT2D eigenvalue weighted by Gasteiger charge is 2.17. The van der Waals surface area contributed by atoms with Crippen molar-refractivity contribution in [1.82, 2.24) is 4.98 Å². The highest BCUT2D eigenvalue weighted by Crippen LogP contribution is 2.22. The third kappa shape index (κ3) is 4.89. The van der Waals surface area contributed by atoms with Gasteiger partial charge in [0.05, 0.1) is 10.2 Å². The van der Waals surface area contributed by atoms with Crippen LogP contribution in [0.15, 0.2) is 54.6 Å². The average molecular weight is 394 g/mol. The molecule has 142 valence electrons. The Morgan fingerprint density at radius 2 is 1.93 bits per heavy atom. The molecule has 28 heavy (non-hydrogen) atoms. The fourth-order valence-electron chi connectivity index (χ4n) is 2.43. The quantitative estimate of drug-likeness (QED) is 0.387. The summed E-state index contributed by atoms with van der Waals surface area (Å²) in [4.78, 5) is 40.0. The lowest BCUT2D eigenvalue weighted by molar-refractivity contribution is -0.148. The number of thiazole rings is 1. The zero-order chi connectivity index (χ0) is 20.1. The molecule has 1 N–H and O–H groups in total. The number of Topliss-reactive ketones (excluding diaryl/α,β-unsaturated/α-hetero) is 1. The highest BCUT2D eigenvalue weighted by atomic mass is 32.1. The minimum absolute atomic E-state index is 0.101. The first-order valence-corrected chi connectivity index (χ1v) is 9.40. The molecular formula is C21H18N2O4S. The van der Waals surface area contributed by atoms with Gasteiger partial charge in [-0.05, 0) is 44.2 Å². The number of aromatic nitrogens is 1. The Balaban J connectivity index is 1.57. The first-order chi connectivity index (χ1) is 13.4. The lowest BCUT2D eigenvalue weighted by Gasteiger charge is -2.12. The molecule has 6 nitrogen and oxygen atoms in total. The topological polar surface area (TPSA) is 85.4 Å². The molecule has 1 atom stereocenters. The van der Waals surface area contributed by atoms with E-state index in [0.29, 0.717) is 16.3 Å². The van der Waals surface area contributed by atoms with E-state index in [1.807, 2.05) is 24.3 Å². The minimum Gasteiger partial charge on any atom is -0.449 e. The van der Waals surface area contributed by atoms with Crippen molar-refractivity contribution in [2.24, 2.45) is 0 Å². The normalized spacial score (nSPS) is 12.1. The molecule has 0 spiro atoms. The van der Waals surface area contributed by atoms with Gasteiger partial charge in [-0.15, -0.1) is 11.3 Å². The number of ether oxygens (including phenoxy) is 1. The number of rotatable bonds is 6. The Hall–Kier alpha value is -3.32. The maximum absolute atomic E-state index is 12.2. The number of nitrogens with one attached hydrogen (secondary N) is 1. The van der Waals surface area contributed by atoms with Crippen LogP contribution in [-0.2, 0) is 14.3 Å². The van der Waals surface area contributed by atoms with Crippen molar-refractivity contribution in [2.75, 3.05) is 5.32 Å².